The van der Waals surface area contributed by atoms with Crippen molar-refractivity contribution in [2.75, 3.05) is 20.8 Å². The van der Waals surface area contributed by atoms with Crippen molar-refractivity contribution in [3.8, 4) is 11.5 Å². The lowest BCUT2D eigenvalue weighted by molar-refractivity contribution is 0.317. The summed E-state index contributed by atoms with van der Waals surface area (Å²) in [6, 6.07) is 16.1. The molecule has 0 heterocycles. The lowest BCUT2D eigenvalue weighted by atomic mass is 10.2. The van der Waals surface area contributed by atoms with E-state index >= 15 is 0 Å². The van der Waals surface area contributed by atoms with E-state index in [0.29, 0.717) is 13.1 Å². The molecule has 0 aliphatic carbocycles. The summed E-state index contributed by atoms with van der Waals surface area (Å²) in [7, 11) is 3.44. The highest BCUT2D eigenvalue weighted by atomic mass is 127. The largest absolute Gasteiger partial charge is 0.497 e. The van der Waals surface area contributed by atoms with Crippen LogP contribution in [0.15, 0.2) is 53.5 Å². The third-order valence-corrected chi connectivity index (χ3v) is 3.65. The average molecular weight is 469 g/mol. The van der Waals surface area contributed by atoms with E-state index in [4.69, 9.17) is 9.47 Å². The van der Waals surface area contributed by atoms with Gasteiger partial charge in [0.15, 0.2) is 5.96 Å². The molecule has 2 N–H and O–H groups in total. The Bertz CT molecular complexity index is 692. The van der Waals surface area contributed by atoms with E-state index in [1.165, 1.54) is 0 Å². The maximum atomic E-state index is 5.67. The fourth-order valence-electron chi connectivity index (χ4n) is 2.34. The fourth-order valence-corrected chi connectivity index (χ4v) is 2.34. The highest BCUT2D eigenvalue weighted by Crippen LogP contribution is 2.14. The molecule has 6 heteroatoms. The van der Waals surface area contributed by atoms with Crippen molar-refractivity contribution in [2.45, 2.75) is 26.4 Å². The molecular formula is C20H28IN3O2. The Morgan fingerprint density at radius 2 is 1.54 bits per heavy atom. The van der Waals surface area contributed by atoms with Gasteiger partial charge < -0.3 is 20.1 Å². The summed E-state index contributed by atoms with van der Waals surface area (Å²) in [6.45, 7) is 4.20. The zero-order valence-electron chi connectivity index (χ0n) is 15.6. The standard InChI is InChI=1S/C20H27N3O2.HI/c1-4-11-25-19-10-6-8-17(13-19)15-23-20(21-2)22-14-16-7-5-9-18(12-16)24-3;/h5-10,12-13H,4,11,14-15H2,1-3H3,(H2,21,22,23);1H. The molecule has 0 unspecified atom stereocenters. The second-order valence-electron chi connectivity index (χ2n) is 5.63. The number of hydrogen-bond donors (Lipinski definition) is 2. The number of hydrogen-bond acceptors (Lipinski definition) is 3. The van der Waals surface area contributed by atoms with Crippen molar-refractivity contribution in [3.63, 3.8) is 0 Å². The summed E-state index contributed by atoms with van der Waals surface area (Å²) in [5.74, 6) is 2.51. The van der Waals surface area contributed by atoms with Crippen LogP contribution in [0, 0.1) is 0 Å². The topological polar surface area (TPSA) is 54.9 Å². The Morgan fingerprint density at radius 1 is 0.962 bits per heavy atom. The second-order valence-corrected chi connectivity index (χ2v) is 5.63. The first-order chi connectivity index (χ1) is 12.2. The first-order valence-corrected chi connectivity index (χ1v) is 8.54. The monoisotopic (exact) mass is 469 g/mol. The maximum absolute atomic E-state index is 5.67. The minimum Gasteiger partial charge on any atom is -0.497 e. The second kappa shape index (κ2) is 12.4. The van der Waals surface area contributed by atoms with Gasteiger partial charge >= 0.3 is 0 Å². The van der Waals surface area contributed by atoms with Crippen LogP contribution in [-0.2, 0) is 13.1 Å². The van der Waals surface area contributed by atoms with E-state index < -0.39 is 0 Å². The number of aliphatic imine (C=N–C) groups is 1. The SMILES string of the molecule is CCCOc1cccc(CNC(=NC)NCc2cccc(OC)c2)c1.I. The molecule has 2 aromatic rings. The van der Waals surface area contributed by atoms with Gasteiger partial charge in [-0.15, -0.1) is 24.0 Å². The molecule has 0 atom stereocenters. The molecule has 2 aromatic carbocycles. The number of halogens is 1. The molecule has 0 aromatic heterocycles. The summed E-state index contributed by atoms with van der Waals surface area (Å²) < 4.78 is 10.9. The summed E-state index contributed by atoms with van der Waals surface area (Å²) in [6.07, 6.45) is 1.00. The molecule has 0 saturated carbocycles. The molecule has 0 spiro atoms. The Balaban J connectivity index is 0.00000338. The van der Waals surface area contributed by atoms with Gasteiger partial charge in [0.2, 0.25) is 0 Å². The van der Waals surface area contributed by atoms with Crippen LogP contribution >= 0.6 is 24.0 Å². The lowest BCUT2D eigenvalue weighted by Crippen LogP contribution is -2.36. The number of nitrogens with one attached hydrogen (secondary N) is 2. The van der Waals surface area contributed by atoms with Gasteiger partial charge in [0, 0.05) is 20.1 Å². The first kappa shape index (κ1) is 22.1. The molecule has 0 fully saturated rings. The first-order valence-electron chi connectivity index (χ1n) is 8.54. The van der Waals surface area contributed by atoms with Crippen molar-refractivity contribution in [2.24, 2.45) is 4.99 Å². The Morgan fingerprint density at radius 3 is 2.08 bits per heavy atom. The van der Waals surface area contributed by atoms with Gasteiger partial charge in [-0.3, -0.25) is 4.99 Å². The molecule has 0 amide bonds. The highest BCUT2D eigenvalue weighted by molar-refractivity contribution is 14.0. The zero-order valence-corrected chi connectivity index (χ0v) is 17.9. The normalized spacial score (nSPS) is 10.7. The molecule has 0 radical (unpaired) electrons. The van der Waals surface area contributed by atoms with Crippen molar-refractivity contribution in [3.05, 3.63) is 59.7 Å². The molecule has 26 heavy (non-hydrogen) atoms. The smallest absolute Gasteiger partial charge is 0.191 e. The molecule has 0 bridgehead atoms. The maximum Gasteiger partial charge on any atom is 0.191 e. The number of nitrogens with zero attached hydrogens (tertiary/aromatic N) is 1. The van der Waals surface area contributed by atoms with Crippen molar-refractivity contribution in [1.29, 1.82) is 0 Å². The number of guanidine groups is 1. The van der Waals surface area contributed by atoms with Crippen LogP contribution < -0.4 is 20.1 Å². The van der Waals surface area contributed by atoms with Crippen LogP contribution in [0.5, 0.6) is 11.5 Å². The summed E-state index contributed by atoms with van der Waals surface area (Å²) in [4.78, 5) is 4.26. The zero-order chi connectivity index (χ0) is 17.9. The van der Waals surface area contributed by atoms with Gasteiger partial charge in [-0.2, -0.15) is 0 Å². The van der Waals surface area contributed by atoms with Gasteiger partial charge in [0.05, 0.1) is 13.7 Å². The third-order valence-electron chi connectivity index (χ3n) is 3.65. The predicted molar refractivity (Wildman–Crippen MR) is 118 cm³/mol. The predicted octanol–water partition coefficient (Wildman–Crippen LogP) is 3.97. The molecule has 5 nitrogen and oxygen atoms in total. The number of methoxy groups -OCH3 is 1. The third kappa shape index (κ3) is 7.51. The van der Waals surface area contributed by atoms with Crippen molar-refractivity contribution >= 4 is 29.9 Å². The number of ether oxygens (including phenoxy) is 2. The number of rotatable bonds is 8. The van der Waals surface area contributed by atoms with E-state index in [0.717, 1.165) is 41.6 Å². The van der Waals surface area contributed by atoms with E-state index in [-0.39, 0.29) is 24.0 Å². The van der Waals surface area contributed by atoms with Gasteiger partial charge in [0.1, 0.15) is 11.5 Å². The lowest BCUT2D eigenvalue weighted by Gasteiger charge is -2.13. The van der Waals surface area contributed by atoms with Crippen LogP contribution in [0.3, 0.4) is 0 Å². The van der Waals surface area contributed by atoms with E-state index in [2.05, 4.69) is 40.7 Å². The summed E-state index contributed by atoms with van der Waals surface area (Å²) in [5.41, 5.74) is 2.29. The number of benzene rings is 2. The van der Waals surface area contributed by atoms with Crippen molar-refractivity contribution in [1.82, 2.24) is 10.6 Å². The van der Waals surface area contributed by atoms with Gasteiger partial charge in [-0.1, -0.05) is 31.2 Å². The minimum atomic E-state index is 0. The van der Waals surface area contributed by atoms with E-state index in [1.807, 2.05) is 30.3 Å². The van der Waals surface area contributed by atoms with Crippen LogP contribution in [0.25, 0.3) is 0 Å². The quantitative estimate of drug-likeness (QED) is 0.349. The van der Waals surface area contributed by atoms with E-state index in [1.54, 1.807) is 14.2 Å². The Labute approximate surface area is 173 Å². The average Bonchev–Trinajstić information content (AvgIpc) is 2.67. The van der Waals surface area contributed by atoms with Crippen molar-refractivity contribution < 1.29 is 9.47 Å². The van der Waals surface area contributed by atoms with Crippen LogP contribution in [0.4, 0.5) is 0 Å². The van der Waals surface area contributed by atoms with Crippen LogP contribution in [0.2, 0.25) is 0 Å². The van der Waals surface area contributed by atoms with Gasteiger partial charge in [0.25, 0.3) is 0 Å². The highest BCUT2D eigenvalue weighted by Gasteiger charge is 2.02. The summed E-state index contributed by atoms with van der Waals surface area (Å²) >= 11 is 0. The Kier molecular flexibility index (Phi) is 10.5. The van der Waals surface area contributed by atoms with Gasteiger partial charge in [-0.25, -0.2) is 0 Å². The summed E-state index contributed by atoms with van der Waals surface area (Å²) in [5, 5.41) is 6.63. The fraction of sp³-hybridized carbons (Fsp3) is 0.350. The molecule has 0 saturated heterocycles. The molecule has 142 valence electrons. The van der Waals surface area contributed by atoms with E-state index in [9.17, 15) is 0 Å². The molecule has 2 rings (SSSR count). The minimum absolute atomic E-state index is 0. The molecule has 0 aliphatic rings. The molecular weight excluding hydrogens is 441 g/mol. The Hall–Kier alpha value is -1.96. The van der Waals surface area contributed by atoms with Gasteiger partial charge in [-0.05, 0) is 41.8 Å². The molecule has 0 aliphatic heterocycles. The van der Waals surface area contributed by atoms with Crippen LogP contribution in [0.1, 0.15) is 24.5 Å². The van der Waals surface area contributed by atoms with Crippen LogP contribution in [-0.4, -0.2) is 26.7 Å².